The van der Waals surface area contributed by atoms with Crippen LogP contribution in [0.4, 0.5) is 0 Å². The fraction of sp³-hybridized carbons (Fsp3) is 0.739. The van der Waals surface area contributed by atoms with Crippen molar-refractivity contribution >= 4 is 11.6 Å². The van der Waals surface area contributed by atoms with E-state index in [1.165, 1.54) is 0 Å². The summed E-state index contributed by atoms with van der Waals surface area (Å²) in [6, 6.07) is 7.42. The minimum atomic E-state index is -0.485. The van der Waals surface area contributed by atoms with Crippen LogP contribution in [0.2, 0.25) is 5.02 Å². The molecule has 1 aromatic carbocycles. The monoisotopic (exact) mass is 423 g/mol. The summed E-state index contributed by atoms with van der Waals surface area (Å²) in [5.41, 5.74) is 0.0935. The molecule has 1 aromatic rings. The Morgan fingerprint density at radius 2 is 1.83 bits per heavy atom. The number of aliphatic hydroxyl groups excluding tert-OH is 1. The van der Waals surface area contributed by atoms with Gasteiger partial charge in [0.25, 0.3) is 0 Å². The van der Waals surface area contributed by atoms with Crippen molar-refractivity contribution in [3.8, 4) is 5.75 Å². The van der Waals surface area contributed by atoms with Crippen LogP contribution in [-0.4, -0.2) is 60.8 Å². The third kappa shape index (κ3) is 5.26. The lowest BCUT2D eigenvalue weighted by Gasteiger charge is -2.42. The molecule has 162 valence electrons. The molecule has 0 bridgehead atoms. The first-order valence-electron chi connectivity index (χ1n) is 10.8. The number of halogens is 1. The molecule has 3 aliphatic rings. The molecular formula is C23H34ClNO4. The van der Waals surface area contributed by atoms with Gasteiger partial charge in [-0.2, -0.15) is 0 Å². The van der Waals surface area contributed by atoms with Gasteiger partial charge in [0.05, 0.1) is 19.3 Å². The Morgan fingerprint density at radius 1 is 1.14 bits per heavy atom. The molecule has 5 nitrogen and oxygen atoms in total. The summed E-state index contributed by atoms with van der Waals surface area (Å²) in [5, 5.41) is 11.3. The highest BCUT2D eigenvalue weighted by atomic mass is 35.5. The molecule has 4 rings (SSSR count). The molecule has 1 N–H and O–H groups in total. The van der Waals surface area contributed by atoms with Crippen molar-refractivity contribution in [1.82, 2.24) is 4.90 Å². The number of hydrogen-bond acceptors (Lipinski definition) is 5. The van der Waals surface area contributed by atoms with E-state index in [2.05, 4.69) is 25.7 Å². The van der Waals surface area contributed by atoms with E-state index >= 15 is 0 Å². The fourth-order valence-electron chi connectivity index (χ4n) is 4.80. The Morgan fingerprint density at radius 3 is 2.52 bits per heavy atom. The second kappa shape index (κ2) is 8.35. The van der Waals surface area contributed by atoms with Crippen LogP contribution >= 0.6 is 11.6 Å². The van der Waals surface area contributed by atoms with E-state index in [9.17, 15) is 5.11 Å². The third-order valence-corrected chi connectivity index (χ3v) is 6.90. The fourth-order valence-corrected chi connectivity index (χ4v) is 4.98. The Hall–Kier alpha value is -0.850. The van der Waals surface area contributed by atoms with Gasteiger partial charge in [0, 0.05) is 36.5 Å². The molecular weight excluding hydrogens is 390 g/mol. The zero-order valence-electron chi connectivity index (χ0n) is 17.8. The maximum atomic E-state index is 10.6. The predicted molar refractivity (Wildman–Crippen MR) is 113 cm³/mol. The molecule has 0 aromatic heterocycles. The minimum Gasteiger partial charge on any atom is -0.488 e. The van der Waals surface area contributed by atoms with E-state index in [1.807, 2.05) is 24.3 Å². The zero-order valence-corrected chi connectivity index (χ0v) is 18.5. The van der Waals surface area contributed by atoms with Crippen molar-refractivity contribution < 1.29 is 19.3 Å². The summed E-state index contributed by atoms with van der Waals surface area (Å²) in [7, 11) is 0. The van der Waals surface area contributed by atoms with Gasteiger partial charge in [0.15, 0.2) is 5.79 Å². The first-order chi connectivity index (χ1) is 13.7. The van der Waals surface area contributed by atoms with Gasteiger partial charge in [-0.3, -0.25) is 0 Å². The Labute approximate surface area is 179 Å². The largest absolute Gasteiger partial charge is 0.488 e. The van der Waals surface area contributed by atoms with Gasteiger partial charge < -0.3 is 24.2 Å². The van der Waals surface area contributed by atoms with Crippen LogP contribution in [0.15, 0.2) is 24.3 Å². The van der Waals surface area contributed by atoms with Crippen LogP contribution in [0.25, 0.3) is 0 Å². The summed E-state index contributed by atoms with van der Waals surface area (Å²) in [6.07, 6.45) is 1.95. The van der Waals surface area contributed by atoms with Crippen LogP contribution in [0.1, 0.15) is 40.0 Å². The molecule has 2 saturated heterocycles. The Balaban J connectivity index is 1.28. The van der Waals surface area contributed by atoms with E-state index in [4.69, 9.17) is 25.8 Å². The highest BCUT2D eigenvalue weighted by Crippen LogP contribution is 2.39. The average Bonchev–Trinajstić information content (AvgIpc) is 3.05. The molecule has 2 aliphatic heterocycles. The molecule has 6 heteroatoms. The van der Waals surface area contributed by atoms with Gasteiger partial charge in [0.2, 0.25) is 0 Å². The van der Waals surface area contributed by atoms with Crippen LogP contribution < -0.4 is 4.74 Å². The summed E-state index contributed by atoms with van der Waals surface area (Å²) < 4.78 is 18.2. The molecule has 1 saturated carbocycles. The Kier molecular flexibility index (Phi) is 6.16. The maximum absolute atomic E-state index is 10.6. The lowest BCUT2D eigenvalue weighted by molar-refractivity contribution is -0.292. The van der Waals surface area contributed by atoms with Gasteiger partial charge in [0.1, 0.15) is 11.9 Å². The molecule has 29 heavy (non-hydrogen) atoms. The normalized spacial score (nSPS) is 34.0. The second-order valence-corrected chi connectivity index (χ2v) is 10.5. The van der Waals surface area contributed by atoms with Crippen LogP contribution in [0, 0.1) is 17.3 Å². The highest BCUT2D eigenvalue weighted by Gasteiger charge is 2.43. The number of fused-ring (bicyclic) bond motifs is 1. The van der Waals surface area contributed by atoms with Crippen molar-refractivity contribution in [2.24, 2.45) is 17.3 Å². The van der Waals surface area contributed by atoms with E-state index in [0.29, 0.717) is 16.9 Å². The average molecular weight is 424 g/mol. The van der Waals surface area contributed by atoms with E-state index in [1.54, 1.807) is 0 Å². The first kappa shape index (κ1) is 21.4. The lowest BCUT2D eigenvalue weighted by Crippen LogP contribution is -2.47. The molecule has 0 spiro atoms. The van der Waals surface area contributed by atoms with E-state index < -0.39 is 11.9 Å². The molecule has 1 aliphatic carbocycles. The molecule has 0 unspecified atom stereocenters. The van der Waals surface area contributed by atoms with E-state index in [0.717, 1.165) is 57.9 Å². The second-order valence-electron chi connectivity index (χ2n) is 10.1. The van der Waals surface area contributed by atoms with Gasteiger partial charge in [-0.25, -0.2) is 0 Å². The van der Waals surface area contributed by atoms with Gasteiger partial charge in [-0.15, -0.1) is 0 Å². The number of nitrogens with zero attached hydrogens (tertiary/aromatic N) is 1. The zero-order chi connectivity index (χ0) is 20.6. The predicted octanol–water partition coefficient (Wildman–Crippen LogP) is 3.97. The summed E-state index contributed by atoms with van der Waals surface area (Å²) >= 11 is 6.06. The first-order valence-corrected chi connectivity index (χ1v) is 11.2. The van der Waals surface area contributed by atoms with Crippen molar-refractivity contribution in [3.63, 3.8) is 0 Å². The maximum Gasteiger partial charge on any atom is 0.166 e. The standard InChI is InChI=1S/C23H34ClNO4/c1-22(2)14-27-23(3,28-15-22)7-8-25-12-16-9-20(26)21(10-17(16)13-25)29-19-6-4-5-18(24)11-19/h4-6,11,16-17,20-21,26H,7-10,12-15H2,1-3H3/t16-,17+,20+,21+/m0/s1. The third-order valence-electron chi connectivity index (χ3n) is 6.66. The lowest BCUT2D eigenvalue weighted by atomic mass is 9.78. The summed E-state index contributed by atoms with van der Waals surface area (Å²) in [6.45, 7) is 10.9. The van der Waals surface area contributed by atoms with Crippen molar-refractivity contribution in [2.45, 2.75) is 58.0 Å². The van der Waals surface area contributed by atoms with E-state index in [-0.39, 0.29) is 11.5 Å². The van der Waals surface area contributed by atoms with Crippen molar-refractivity contribution in [2.75, 3.05) is 32.8 Å². The van der Waals surface area contributed by atoms with Crippen LogP contribution in [0.5, 0.6) is 5.75 Å². The highest BCUT2D eigenvalue weighted by molar-refractivity contribution is 6.30. The smallest absolute Gasteiger partial charge is 0.166 e. The van der Waals surface area contributed by atoms with Gasteiger partial charge in [-0.1, -0.05) is 31.5 Å². The Bertz CT molecular complexity index is 702. The number of rotatable bonds is 5. The number of aliphatic hydroxyl groups is 1. The van der Waals surface area contributed by atoms with Gasteiger partial charge >= 0.3 is 0 Å². The molecule has 2 heterocycles. The van der Waals surface area contributed by atoms with Crippen molar-refractivity contribution in [3.05, 3.63) is 29.3 Å². The quantitative estimate of drug-likeness (QED) is 0.776. The molecule has 3 fully saturated rings. The molecule has 4 atom stereocenters. The summed E-state index contributed by atoms with van der Waals surface area (Å²) in [4.78, 5) is 2.50. The topological polar surface area (TPSA) is 51.2 Å². The summed E-state index contributed by atoms with van der Waals surface area (Å²) in [5.74, 6) is 1.34. The number of hydrogen-bond donors (Lipinski definition) is 1. The minimum absolute atomic E-state index is 0.0935. The number of likely N-dealkylation sites (tertiary alicyclic amines) is 1. The van der Waals surface area contributed by atoms with Crippen LogP contribution in [-0.2, 0) is 9.47 Å². The van der Waals surface area contributed by atoms with Gasteiger partial charge in [-0.05, 0) is 49.8 Å². The molecule has 0 amide bonds. The number of ether oxygens (including phenoxy) is 3. The molecule has 0 radical (unpaired) electrons. The SMILES string of the molecule is CC1(C)COC(C)(CCN2C[C@H]3C[C@@H](Oc4cccc(Cl)c4)[C@H](O)C[C@H]3C2)OC1. The number of benzene rings is 1. The van der Waals surface area contributed by atoms with Crippen molar-refractivity contribution in [1.29, 1.82) is 0 Å². The van der Waals surface area contributed by atoms with Crippen LogP contribution in [0.3, 0.4) is 0 Å².